The number of aromatic nitrogens is 2. The standard InChI is InChI=1S/C22H24N4O/c1-2-14-24-22(27)19-16-20(23-15-13-17-9-5-3-6-10-17)26-21(25-19)18-11-7-4-8-12-18/h3-12,16H,2,13-15H2,1H3,(H,24,27)(H,23,25,26). The van der Waals surface area contributed by atoms with Crippen LogP contribution in [0.25, 0.3) is 11.4 Å². The molecule has 0 aliphatic rings. The maximum atomic E-state index is 12.4. The Morgan fingerprint density at radius 1 is 0.926 bits per heavy atom. The highest BCUT2D eigenvalue weighted by atomic mass is 16.1. The lowest BCUT2D eigenvalue weighted by molar-refractivity contribution is 0.0948. The third-order valence-corrected chi connectivity index (χ3v) is 4.09. The Morgan fingerprint density at radius 2 is 1.63 bits per heavy atom. The first-order valence-corrected chi connectivity index (χ1v) is 9.27. The first kappa shape index (κ1) is 18.6. The van der Waals surface area contributed by atoms with Crippen molar-refractivity contribution in [1.82, 2.24) is 15.3 Å². The molecule has 5 nitrogen and oxygen atoms in total. The lowest BCUT2D eigenvalue weighted by Crippen LogP contribution is -2.25. The van der Waals surface area contributed by atoms with Crippen molar-refractivity contribution in [2.24, 2.45) is 0 Å². The van der Waals surface area contributed by atoms with Crippen LogP contribution in [0.4, 0.5) is 5.82 Å². The molecule has 1 amide bonds. The van der Waals surface area contributed by atoms with E-state index in [-0.39, 0.29) is 5.91 Å². The van der Waals surface area contributed by atoms with E-state index in [2.05, 4.69) is 32.7 Å². The quantitative estimate of drug-likeness (QED) is 0.638. The normalized spacial score (nSPS) is 10.4. The van der Waals surface area contributed by atoms with Gasteiger partial charge < -0.3 is 10.6 Å². The van der Waals surface area contributed by atoms with Gasteiger partial charge in [0.1, 0.15) is 11.5 Å². The molecule has 0 spiro atoms. The van der Waals surface area contributed by atoms with Gasteiger partial charge in [0.25, 0.3) is 5.91 Å². The van der Waals surface area contributed by atoms with E-state index in [0.717, 1.165) is 24.9 Å². The Morgan fingerprint density at radius 3 is 2.33 bits per heavy atom. The van der Waals surface area contributed by atoms with Crippen LogP contribution in [-0.4, -0.2) is 29.0 Å². The SMILES string of the molecule is CCCNC(=O)c1cc(NCCc2ccccc2)nc(-c2ccccc2)n1. The molecule has 0 aliphatic carbocycles. The van der Waals surface area contributed by atoms with Crippen molar-refractivity contribution < 1.29 is 4.79 Å². The van der Waals surface area contributed by atoms with Crippen LogP contribution < -0.4 is 10.6 Å². The zero-order chi connectivity index (χ0) is 18.9. The molecule has 0 saturated heterocycles. The van der Waals surface area contributed by atoms with Crippen LogP contribution in [0.1, 0.15) is 29.4 Å². The second kappa shape index (κ2) is 9.48. The molecule has 0 fully saturated rings. The van der Waals surface area contributed by atoms with Gasteiger partial charge in [-0.25, -0.2) is 9.97 Å². The predicted octanol–water partition coefficient (Wildman–Crippen LogP) is 3.94. The molecule has 0 aliphatic heterocycles. The van der Waals surface area contributed by atoms with Crippen molar-refractivity contribution in [3.63, 3.8) is 0 Å². The van der Waals surface area contributed by atoms with E-state index < -0.39 is 0 Å². The van der Waals surface area contributed by atoms with Crippen LogP contribution in [0, 0.1) is 0 Å². The molecule has 2 aromatic carbocycles. The minimum Gasteiger partial charge on any atom is -0.370 e. The second-order valence-electron chi connectivity index (χ2n) is 6.25. The van der Waals surface area contributed by atoms with E-state index in [1.54, 1.807) is 6.07 Å². The van der Waals surface area contributed by atoms with Crippen LogP contribution in [0.3, 0.4) is 0 Å². The lowest BCUT2D eigenvalue weighted by Gasteiger charge is -2.10. The zero-order valence-electron chi connectivity index (χ0n) is 15.5. The fraction of sp³-hybridized carbons (Fsp3) is 0.227. The first-order valence-electron chi connectivity index (χ1n) is 9.27. The van der Waals surface area contributed by atoms with Crippen LogP contribution in [0.15, 0.2) is 66.7 Å². The molecule has 2 N–H and O–H groups in total. The smallest absolute Gasteiger partial charge is 0.270 e. The van der Waals surface area contributed by atoms with Gasteiger partial charge in [-0.1, -0.05) is 67.6 Å². The molecule has 27 heavy (non-hydrogen) atoms. The second-order valence-corrected chi connectivity index (χ2v) is 6.25. The van der Waals surface area contributed by atoms with Crippen molar-refractivity contribution in [1.29, 1.82) is 0 Å². The van der Waals surface area contributed by atoms with E-state index >= 15 is 0 Å². The summed E-state index contributed by atoms with van der Waals surface area (Å²) in [5, 5.41) is 6.20. The van der Waals surface area contributed by atoms with Gasteiger partial charge >= 0.3 is 0 Å². The van der Waals surface area contributed by atoms with Crippen LogP contribution in [0.2, 0.25) is 0 Å². The minimum atomic E-state index is -0.178. The van der Waals surface area contributed by atoms with Crippen LogP contribution in [-0.2, 0) is 6.42 Å². The van der Waals surface area contributed by atoms with Gasteiger partial charge in [-0.15, -0.1) is 0 Å². The summed E-state index contributed by atoms with van der Waals surface area (Å²) in [7, 11) is 0. The molecule has 3 rings (SSSR count). The van der Waals surface area contributed by atoms with Crippen LogP contribution in [0.5, 0.6) is 0 Å². The Hall–Kier alpha value is -3.21. The third kappa shape index (κ3) is 5.38. The highest BCUT2D eigenvalue weighted by Crippen LogP contribution is 2.18. The number of rotatable bonds is 8. The Labute approximate surface area is 159 Å². The number of carbonyl (C=O) groups is 1. The number of carbonyl (C=O) groups excluding carboxylic acids is 1. The molecule has 0 unspecified atom stereocenters. The molecular weight excluding hydrogens is 336 g/mol. The van der Waals surface area contributed by atoms with E-state index in [0.29, 0.717) is 23.9 Å². The number of hydrogen-bond donors (Lipinski definition) is 2. The minimum absolute atomic E-state index is 0.178. The molecule has 1 aromatic heterocycles. The number of benzene rings is 2. The number of nitrogens with one attached hydrogen (secondary N) is 2. The lowest BCUT2D eigenvalue weighted by atomic mass is 10.1. The summed E-state index contributed by atoms with van der Waals surface area (Å²) in [5.41, 5.74) is 2.51. The molecule has 5 heteroatoms. The van der Waals surface area contributed by atoms with E-state index in [4.69, 9.17) is 0 Å². The largest absolute Gasteiger partial charge is 0.370 e. The van der Waals surface area contributed by atoms with Crippen molar-refractivity contribution in [3.05, 3.63) is 78.0 Å². The van der Waals surface area contributed by atoms with E-state index in [1.807, 2.05) is 55.5 Å². The number of anilines is 1. The maximum Gasteiger partial charge on any atom is 0.270 e. The fourth-order valence-electron chi connectivity index (χ4n) is 2.68. The summed E-state index contributed by atoms with van der Waals surface area (Å²) >= 11 is 0. The summed E-state index contributed by atoms with van der Waals surface area (Å²) < 4.78 is 0. The van der Waals surface area contributed by atoms with E-state index in [1.165, 1.54) is 5.56 Å². The number of amides is 1. The highest BCUT2D eigenvalue weighted by molar-refractivity contribution is 5.93. The predicted molar refractivity (Wildman–Crippen MR) is 109 cm³/mol. The van der Waals surface area contributed by atoms with Crippen molar-refractivity contribution in [3.8, 4) is 11.4 Å². The molecule has 0 atom stereocenters. The van der Waals surface area contributed by atoms with Gasteiger partial charge in [0.15, 0.2) is 5.82 Å². The number of nitrogens with zero attached hydrogens (tertiary/aromatic N) is 2. The van der Waals surface area contributed by atoms with Crippen molar-refractivity contribution in [2.75, 3.05) is 18.4 Å². The summed E-state index contributed by atoms with van der Waals surface area (Å²) in [6.45, 7) is 3.37. The van der Waals surface area contributed by atoms with Crippen molar-refractivity contribution >= 4 is 11.7 Å². The molecule has 3 aromatic rings. The molecule has 0 radical (unpaired) electrons. The average Bonchev–Trinajstić information content (AvgIpc) is 2.73. The van der Waals surface area contributed by atoms with Gasteiger partial charge in [0, 0.05) is 24.7 Å². The number of hydrogen-bond acceptors (Lipinski definition) is 4. The van der Waals surface area contributed by atoms with Gasteiger partial charge in [-0.2, -0.15) is 0 Å². The van der Waals surface area contributed by atoms with Gasteiger partial charge in [0.2, 0.25) is 0 Å². The van der Waals surface area contributed by atoms with Crippen molar-refractivity contribution in [2.45, 2.75) is 19.8 Å². The third-order valence-electron chi connectivity index (χ3n) is 4.09. The van der Waals surface area contributed by atoms with Gasteiger partial charge in [-0.3, -0.25) is 4.79 Å². The molecule has 138 valence electrons. The Bertz CT molecular complexity index is 866. The summed E-state index contributed by atoms with van der Waals surface area (Å²) in [6, 6.07) is 21.7. The van der Waals surface area contributed by atoms with Gasteiger partial charge in [-0.05, 0) is 18.4 Å². The van der Waals surface area contributed by atoms with Crippen LogP contribution >= 0.6 is 0 Å². The molecule has 1 heterocycles. The molecule has 0 saturated carbocycles. The Balaban J connectivity index is 1.79. The average molecular weight is 360 g/mol. The monoisotopic (exact) mass is 360 g/mol. The summed E-state index contributed by atoms with van der Waals surface area (Å²) in [5.74, 6) is 1.02. The summed E-state index contributed by atoms with van der Waals surface area (Å²) in [4.78, 5) is 21.5. The zero-order valence-corrected chi connectivity index (χ0v) is 15.5. The molecule has 0 bridgehead atoms. The van der Waals surface area contributed by atoms with Gasteiger partial charge in [0.05, 0.1) is 0 Å². The first-order chi connectivity index (χ1) is 13.3. The highest BCUT2D eigenvalue weighted by Gasteiger charge is 2.12. The Kier molecular flexibility index (Phi) is 6.52. The van der Waals surface area contributed by atoms with E-state index in [9.17, 15) is 4.79 Å². The fourth-order valence-corrected chi connectivity index (χ4v) is 2.68. The maximum absolute atomic E-state index is 12.4. The summed E-state index contributed by atoms with van der Waals surface area (Å²) in [6.07, 6.45) is 1.76. The molecular formula is C22H24N4O. The topological polar surface area (TPSA) is 66.9 Å².